The van der Waals surface area contributed by atoms with E-state index in [1.807, 2.05) is 4.90 Å². The lowest BCUT2D eigenvalue weighted by atomic mass is 9.90. The van der Waals surface area contributed by atoms with Gasteiger partial charge in [0.25, 0.3) is 0 Å². The first-order valence-electron chi connectivity index (χ1n) is 7.29. The second-order valence-corrected chi connectivity index (χ2v) is 5.97. The maximum atomic E-state index is 12.5. The largest absolute Gasteiger partial charge is 0.481 e. The van der Waals surface area contributed by atoms with Gasteiger partial charge in [-0.1, -0.05) is 6.92 Å². The molecule has 2 heterocycles. The van der Waals surface area contributed by atoms with E-state index in [1.165, 1.54) is 0 Å². The van der Waals surface area contributed by atoms with Crippen molar-refractivity contribution < 1.29 is 14.7 Å². The van der Waals surface area contributed by atoms with E-state index in [2.05, 4.69) is 12.2 Å². The van der Waals surface area contributed by atoms with Crippen LogP contribution in [0.5, 0.6) is 0 Å². The average Bonchev–Trinajstić information content (AvgIpc) is 2.82. The molecule has 2 aliphatic rings. The Bertz CT molecular complexity index is 346. The molecule has 0 radical (unpaired) electrons. The molecular formula is C14H24N2O3. The van der Waals surface area contributed by atoms with Gasteiger partial charge in [0.2, 0.25) is 5.91 Å². The van der Waals surface area contributed by atoms with Crippen LogP contribution in [0.4, 0.5) is 0 Å². The zero-order chi connectivity index (χ0) is 13.8. The molecule has 0 saturated carbocycles. The predicted octanol–water partition coefficient (Wildman–Crippen LogP) is 0.945. The number of likely N-dealkylation sites (tertiary alicyclic amines) is 1. The molecule has 5 nitrogen and oxygen atoms in total. The van der Waals surface area contributed by atoms with E-state index in [-0.39, 0.29) is 18.2 Å². The molecule has 5 heteroatoms. The topological polar surface area (TPSA) is 69.6 Å². The Balaban J connectivity index is 1.86. The number of nitrogens with zero attached hydrogens (tertiary/aromatic N) is 1. The highest BCUT2D eigenvalue weighted by molar-refractivity contribution is 5.79. The molecule has 0 aromatic heterocycles. The number of piperidine rings is 1. The Morgan fingerprint density at radius 1 is 1.37 bits per heavy atom. The fourth-order valence-corrected chi connectivity index (χ4v) is 3.20. The summed E-state index contributed by atoms with van der Waals surface area (Å²) in [4.78, 5) is 25.0. The summed E-state index contributed by atoms with van der Waals surface area (Å²) in [6.07, 6.45) is 2.96. The average molecular weight is 268 g/mol. The fraction of sp³-hybridized carbons (Fsp3) is 0.857. The van der Waals surface area contributed by atoms with Crippen molar-refractivity contribution in [2.24, 2.45) is 17.8 Å². The number of carbonyl (C=O) groups excluding carboxylic acids is 1. The van der Waals surface area contributed by atoms with E-state index in [0.717, 1.165) is 39.0 Å². The van der Waals surface area contributed by atoms with Crippen molar-refractivity contribution in [3.63, 3.8) is 0 Å². The number of hydrogen-bond donors (Lipinski definition) is 2. The van der Waals surface area contributed by atoms with Crippen molar-refractivity contribution in [2.75, 3.05) is 26.2 Å². The van der Waals surface area contributed by atoms with E-state index in [4.69, 9.17) is 5.11 Å². The van der Waals surface area contributed by atoms with Gasteiger partial charge in [0.1, 0.15) is 0 Å². The van der Waals surface area contributed by atoms with E-state index >= 15 is 0 Å². The molecule has 1 unspecified atom stereocenters. The quantitative estimate of drug-likeness (QED) is 0.796. The number of rotatable bonds is 4. The van der Waals surface area contributed by atoms with Crippen LogP contribution in [0.2, 0.25) is 0 Å². The van der Waals surface area contributed by atoms with Gasteiger partial charge in [-0.25, -0.2) is 0 Å². The monoisotopic (exact) mass is 268 g/mol. The van der Waals surface area contributed by atoms with Crippen LogP contribution >= 0.6 is 0 Å². The Labute approximate surface area is 114 Å². The molecule has 19 heavy (non-hydrogen) atoms. The lowest BCUT2D eigenvalue weighted by Gasteiger charge is -2.34. The Morgan fingerprint density at radius 3 is 2.79 bits per heavy atom. The Kier molecular flexibility index (Phi) is 4.80. The van der Waals surface area contributed by atoms with Crippen LogP contribution in [0.15, 0.2) is 0 Å². The third-order valence-electron chi connectivity index (χ3n) is 4.43. The van der Waals surface area contributed by atoms with Crippen molar-refractivity contribution in [3.05, 3.63) is 0 Å². The summed E-state index contributed by atoms with van der Waals surface area (Å²) in [6.45, 7) is 5.42. The minimum atomic E-state index is -0.739. The lowest BCUT2D eigenvalue weighted by molar-refractivity contribution is -0.138. The highest BCUT2D eigenvalue weighted by Crippen LogP contribution is 2.25. The minimum Gasteiger partial charge on any atom is -0.481 e. The smallest absolute Gasteiger partial charge is 0.303 e. The summed E-state index contributed by atoms with van der Waals surface area (Å²) >= 11 is 0. The van der Waals surface area contributed by atoms with Crippen molar-refractivity contribution in [3.8, 4) is 0 Å². The molecule has 1 amide bonds. The maximum absolute atomic E-state index is 12.5. The van der Waals surface area contributed by atoms with Gasteiger partial charge in [0.15, 0.2) is 0 Å². The molecular weight excluding hydrogens is 244 g/mol. The molecule has 2 fully saturated rings. The van der Waals surface area contributed by atoms with Gasteiger partial charge in [-0.05, 0) is 37.6 Å². The molecule has 0 bridgehead atoms. The highest BCUT2D eigenvalue weighted by Gasteiger charge is 2.34. The van der Waals surface area contributed by atoms with Crippen LogP contribution in [-0.4, -0.2) is 48.1 Å². The van der Waals surface area contributed by atoms with Crippen molar-refractivity contribution >= 4 is 11.9 Å². The summed E-state index contributed by atoms with van der Waals surface area (Å²) in [5.41, 5.74) is 0. The van der Waals surface area contributed by atoms with E-state index in [9.17, 15) is 9.59 Å². The van der Waals surface area contributed by atoms with Crippen molar-refractivity contribution in [2.45, 2.75) is 32.6 Å². The molecule has 0 aromatic carbocycles. The van der Waals surface area contributed by atoms with Gasteiger partial charge in [0.05, 0.1) is 5.92 Å². The summed E-state index contributed by atoms with van der Waals surface area (Å²) in [7, 11) is 0. The van der Waals surface area contributed by atoms with Gasteiger partial charge in [-0.3, -0.25) is 9.59 Å². The van der Waals surface area contributed by atoms with Crippen LogP contribution in [0, 0.1) is 17.8 Å². The van der Waals surface area contributed by atoms with Crippen LogP contribution < -0.4 is 5.32 Å². The summed E-state index contributed by atoms with van der Waals surface area (Å²) in [5, 5.41) is 12.0. The normalized spacial score (nSPS) is 31.4. The minimum absolute atomic E-state index is 0.109. The highest BCUT2D eigenvalue weighted by atomic mass is 16.4. The molecule has 2 aliphatic heterocycles. The third kappa shape index (κ3) is 3.69. The second kappa shape index (κ2) is 6.37. The van der Waals surface area contributed by atoms with Gasteiger partial charge in [-0.15, -0.1) is 0 Å². The third-order valence-corrected chi connectivity index (χ3v) is 4.43. The summed E-state index contributed by atoms with van der Waals surface area (Å²) < 4.78 is 0. The SMILES string of the molecule is C[C@@H]1CNC[C@H]1C(=O)N1CCCC(CCC(=O)O)C1. The summed E-state index contributed by atoms with van der Waals surface area (Å²) in [5.74, 6) is 0.401. The van der Waals surface area contributed by atoms with Gasteiger partial charge in [0, 0.05) is 26.1 Å². The van der Waals surface area contributed by atoms with Crippen LogP contribution in [0.1, 0.15) is 32.6 Å². The standard InChI is InChI=1S/C14H24N2O3/c1-10-7-15-8-12(10)14(19)16-6-2-3-11(9-16)4-5-13(17)18/h10-12,15H,2-9H2,1H3,(H,17,18)/t10-,11?,12-/m1/s1. The van der Waals surface area contributed by atoms with E-state index < -0.39 is 5.97 Å². The number of nitrogens with one attached hydrogen (secondary N) is 1. The number of carbonyl (C=O) groups is 2. The molecule has 2 saturated heterocycles. The number of hydrogen-bond acceptors (Lipinski definition) is 3. The summed E-state index contributed by atoms with van der Waals surface area (Å²) in [6, 6.07) is 0. The van der Waals surface area contributed by atoms with Crippen molar-refractivity contribution in [1.82, 2.24) is 10.2 Å². The molecule has 108 valence electrons. The molecule has 2 rings (SSSR count). The lowest BCUT2D eigenvalue weighted by Crippen LogP contribution is -2.44. The molecule has 0 aromatic rings. The zero-order valence-electron chi connectivity index (χ0n) is 11.6. The van der Waals surface area contributed by atoms with E-state index in [0.29, 0.717) is 18.3 Å². The van der Waals surface area contributed by atoms with Gasteiger partial charge in [-0.2, -0.15) is 0 Å². The van der Waals surface area contributed by atoms with E-state index in [1.54, 1.807) is 0 Å². The molecule has 2 N–H and O–H groups in total. The van der Waals surface area contributed by atoms with Gasteiger partial charge >= 0.3 is 5.97 Å². The Morgan fingerprint density at radius 2 is 2.16 bits per heavy atom. The number of amides is 1. The number of aliphatic carboxylic acids is 1. The maximum Gasteiger partial charge on any atom is 0.303 e. The van der Waals surface area contributed by atoms with Crippen LogP contribution in [0.25, 0.3) is 0 Å². The second-order valence-electron chi connectivity index (χ2n) is 5.97. The first kappa shape index (κ1) is 14.3. The Hall–Kier alpha value is -1.10. The molecule has 0 spiro atoms. The first-order valence-corrected chi connectivity index (χ1v) is 7.29. The molecule has 3 atom stereocenters. The zero-order valence-corrected chi connectivity index (χ0v) is 11.6. The van der Waals surface area contributed by atoms with Gasteiger partial charge < -0.3 is 15.3 Å². The first-order chi connectivity index (χ1) is 9.08. The predicted molar refractivity (Wildman–Crippen MR) is 71.7 cm³/mol. The molecule has 0 aliphatic carbocycles. The van der Waals surface area contributed by atoms with Crippen LogP contribution in [-0.2, 0) is 9.59 Å². The number of carboxylic acid groups (broad SMARTS) is 1. The van der Waals surface area contributed by atoms with Crippen molar-refractivity contribution in [1.29, 1.82) is 0 Å². The van der Waals surface area contributed by atoms with Crippen LogP contribution in [0.3, 0.4) is 0 Å². The fourth-order valence-electron chi connectivity index (χ4n) is 3.20. The number of carboxylic acids is 1.